The lowest BCUT2D eigenvalue weighted by Crippen LogP contribution is -2.23. The minimum absolute atomic E-state index is 0.0185. The molecule has 1 heterocycles. The van der Waals surface area contributed by atoms with Crippen LogP contribution in [0.3, 0.4) is 0 Å². The molecule has 1 fully saturated rings. The van der Waals surface area contributed by atoms with Gasteiger partial charge in [-0.1, -0.05) is 12.2 Å². The van der Waals surface area contributed by atoms with Crippen LogP contribution >= 0.6 is 0 Å². The van der Waals surface area contributed by atoms with E-state index < -0.39 is 0 Å². The Labute approximate surface area is 61.8 Å². The van der Waals surface area contributed by atoms with E-state index >= 15 is 0 Å². The van der Waals surface area contributed by atoms with Crippen LogP contribution in [-0.4, -0.2) is 19.5 Å². The van der Waals surface area contributed by atoms with E-state index in [2.05, 4.69) is 6.08 Å². The second kappa shape index (κ2) is 4.47. The highest BCUT2D eigenvalue weighted by atomic mass is 16.7. The molecule has 0 aromatic rings. The molecule has 2 nitrogen and oxygen atoms in total. The minimum Gasteiger partial charge on any atom is -0.352 e. The topological polar surface area (TPSA) is 18.5 Å². The molecular formula is C8H14O2. The summed E-state index contributed by atoms with van der Waals surface area (Å²) >= 11 is 0. The molecule has 0 aromatic heterocycles. The maximum absolute atomic E-state index is 5.31. The highest BCUT2D eigenvalue weighted by molar-refractivity contribution is 4.78. The van der Waals surface area contributed by atoms with E-state index in [0.29, 0.717) is 0 Å². The molecule has 1 rings (SSSR count). The van der Waals surface area contributed by atoms with Crippen molar-refractivity contribution in [2.24, 2.45) is 0 Å². The summed E-state index contributed by atoms with van der Waals surface area (Å²) in [6, 6.07) is 0. The van der Waals surface area contributed by atoms with Gasteiger partial charge in [-0.25, -0.2) is 0 Å². The van der Waals surface area contributed by atoms with Crippen LogP contribution in [0, 0.1) is 0 Å². The van der Waals surface area contributed by atoms with Crippen LogP contribution in [0.1, 0.15) is 19.8 Å². The molecule has 58 valence electrons. The third-order valence-corrected chi connectivity index (χ3v) is 1.46. The van der Waals surface area contributed by atoms with Crippen LogP contribution in [0.5, 0.6) is 0 Å². The third kappa shape index (κ3) is 2.50. The van der Waals surface area contributed by atoms with Gasteiger partial charge in [0.25, 0.3) is 0 Å². The Morgan fingerprint density at radius 2 is 2.10 bits per heavy atom. The molecule has 0 atom stereocenters. The summed E-state index contributed by atoms with van der Waals surface area (Å²) in [6.07, 6.45) is 6.02. The largest absolute Gasteiger partial charge is 0.352 e. The van der Waals surface area contributed by atoms with E-state index in [-0.39, 0.29) is 6.29 Å². The highest BCUT2D eigenvalue weighted by Gasteiger charge is 2.11. The van der Waals surface area contributed by atoms with Gasteiger partial charge in [0.2, 0.25) is 0 Å². The Bertz CT molecular complexity index is 104. The van der Waals surface area contributed by atoms with Crippen molar-refractivity contribution in [3.63, 3.8) is 0 Å². The lowest BCUT2D eigenvalue weighted by atomic mass is 10.3. The van der Waals surface area contributed by atoms with Crippen molar-refractivity contribution in [1.82, 2.24) is 0 Å². The SMILES string of the molecule is C/C=C/CC1OCCCO1. The summed E-state index contributed by atoms with van der Waals surface area (Å²) in [5, 5.41) is 0. The molecule has 0 unspecified atom stereocenters. The van der Waals surface area contributed by atoms with Crippen molar-refractivity contribution in [3.05, 3.63) is 12.2 Å². The van der Waals surface area contributed by atoms with E-state index in [4.69, 9.17) is 9.47 Å². The molecule has 1 aliphatic heterocycles. The second-order valence-corrected chi connectivity index (χ2v) is 2.33. The van der Waals surface area contributed by atoms with Gasteiger partial charge in [-0.2, -0.15) is 0 Å². The number of rotatable bonds is 2. The monoisotopic (exact) mass is 142 g/mol. The van der Waals surface area contributed by atoms with Gasteiger partial charge in [0.1, 0.15) is 0 Å². The summed E-state index contributed by atoms with van der Waals surface area (Å²) < 4.78 is 10.6. The quantitative estimate of drug-likeness (QED) is 0.546. The van der Waals surface area contributed by atoms with Crippen LogP contribution in [0.2, 0.25) is 0 Å². The van der Waals surface area contributed by atoms with Crippen LogP contribution in [0.4, 0.5) is 0 Å². The van der Waals surface area contributed by atoms with Crippen molar-refractivity contribution in [2.45, 2.75) is 26.1 Å². The van der Waals surface area contributed by atoms with Gasteiger partial charge in [-0.05, 0) is 13.3 Å². The molecule has 0 N–H and O–H groups in total. The average Bonchev–Trinajstić information content (AvgIpc) is 2.03. The molecule has 1 aliphatic rings. The summed E-state index contributed by atoms with van der Waals surface area (Å²) in [5.41, 5.74) is 0. The van der Waals surface area contributed by atoms with Gasteiger partial charge in [-0.15, -0.1) is 0 Å². The van der Waals surface area contributed by atoms with E-state index in [0.717, 1.165) is 26.1 Å². The zero-order valence-corrected chi connectivity index (χ0v) is 6.38. The molecule has 1 saturated heterocycles. The van der Waals surface area contributed by atoms with Gasteiger partial charge in [0.15, 0.2) is 6.29 Å². The molecule has 10 heavy (non-hydrogen) atoms. The Balaban J connectivity index is 2.13. The molecule has 0 amide bonds. The first kappa shape index (κ1) is 7.76. The average molecular weight is 142 g/mol. The van der Waals surface area contributed by atoms with E-state index in [1.807, 2.05) is 13.0 Å². The molecule has 0 aliphatic carbocycles. The molecule has 0 bridgehead atoms. The first-order valence-corrected chi connectivity index (χ1v) is 3.78. The van der Waals surface area contributed by atoms with Gasteiger partial charge >= 0.3 is 0 Å². The molecular weight excluding hydrogens is 128 g/mol. The maximum Gasteiger partial charge on any atom is 0.160 e. The minimum atomic E-state index is 0.0185. The van der Waals surface area contributed by atoms with E-state index in [1.54, 1.807) is 0 Å². The van der Waals surface area contributed by atoms with Gasteiger partial charge in [-0.3, -0.25) is 0 Å². The lowest BCUT2D eigenvalue weighted by molar-refractivity contribution is -0.175. The summed E-state index contributed by atoms with van der Waals surface area (Å²) in [7, 11) is 0. The highest BCUT2D eigenvalue weighted by Crippen LogP contribution is 2.08. The molecule has 2 heteroatoms. The molecule has 0 radical (unpaired) electrons. The summed E-state index contributed by atoms with van der Waals surface area (Å²) in [6.45, 7) is 3.70. The fourth-order valence-electron chi connectivity index (χ4n) is 0.920. The smallest absolute Gasteiger partial charge is 0.160 e. The zero-order valence-electron chi connectivity index (χ0n) is 6.38. The lowest BCUT2D eigenvalue weighted by Gasteiger charge is -2.21. The normalized spacial score (nSPS) is 22.1. The number of allylic oxidation sites excluding steroid dienone is 1. The van der Waals surface area contributed by atoms with Crippen molar-refractivity contribution < 1.29 is 9.47 Å². The second-order valence-electron chi connectivity index (χ2n) is 2.33. The van der Waals surface area contributed by atoms with Crippen molar-refractivity contribution in [2.75, 3.05) is 13.2 Å². The Morgan fingerprint density at radius 1 is 1.40 bits per heavy atom. The van der Waals surface area contributed by atoms with Crippen LogP contribution < -0.4 is 0 Å². The van der Waals surface area contributed by atoms with Gasteiger partial charge in [0, 0.05) is 6.42 Å². The predicted molar refractivity (Wildman–Crippen MR) is 39.7 cm³/mol. The third-order valence-electron chi connectivity index (χ3n) is 1.46. The van der Waals surface area contributed by atoms with Crippen LogP contribution in [0.15, 0.2) is 12.2 Å². The van der Waals surface area contributed by atoms with Gasteiger partial charge < -0.3 is 9.47 Å². The standard InChI is InChI=1S/C8H14O2/c1-2-3-5-8-9-6-4-7-10-8/h2-3,8H,4-7H2,1H3/b3-2+. The number of hydrogen-bond donors (Lipinski definition) is 0. The zero-order chi connectivity index (χ0) is 7.23. The fourth-order valence-corrected chi connectivity index (χ4v) is 0.920. The Kier molecular flexibility index (Phi) is 3.47. The first-order chi connectivity index (χ1) is 4.93. The van der Waals surface area contributed by atoms with Crippen LogP contribution in [-0.2, 0) is 9.47 Å². The van der Waals surface area contributed by atoms with E-state index in [1.165, 1.54) is 0 Å². The van der Waals surface area contributed by atoms with Gasteiger partial charge in [0.05, 0.1) is 13.2 Å². The van der Waals surface area contributed by atoms with E-state index in [9.17, 15) is 0 Å². The first-order valence-electron chi connectivity index (χ1n) is 3.78. The fraction of sp³-hybridized carbons (Fsp3) is 0.750. The number of hydrogen-bond acceptors (Lipinski definition) is 2. The molecule has 0 spiro atoms. The maximum atomic E-state index is 5.31. The van der Waals surface area contributed by atoms with Crippen molar-refractivity contribution >= 4 is 0 Å². The summed E-state index contributed by atoms with van der Waals surface area (Å²) in [4.78, 5) is 0. The molecule has 0 aromatic carbocycles. The molecule has 0 saturated carbocycles. The Morgan fingerprint density at radius 3 is 2.70 bits per heavy atom. The predicted octanol–water partition coefficient (Wildman–Crippen LogP) is 1.72. The van der Waals surface area contributed by atoms with Crippen molar-refractivity contribution in [3.8, 4) is 0 Å². The Hall–Kier alpha value is -0.340. The van der Waals surface area contributed by atoms with Crippen LogP contribution in [0.25, 0.3) is 0 Å². The number of ether oxygens (including phenoxy) is 2. The summed E-state index contributed by atoms with van der Waals surface area (Å²) in [5.74, 6) is 0. The van der Waals surface area contributed by atoms with Crippen molar-refractivity contribution in [1.29, 1.82) is 0 Å².